The van der Waals surface area contributed by atoms with Crippen LogP contribution in [0.2, 0.25) is 0 Å². The van der Waals surface area contributed by atoms with Crippen molar-refractivity contribution >= 4 is 26.9 Å². The Morgan fingerprint density at radius 2 is 1.84 bits per heavy atom. The molecule has 2 aromatic carbocycles. The van der Waals surface area contributed by atoms with Crippen molar-refractivity contribution in [3.63, 3.8) is 0 Å². The Hall–Kier alpha value is -2.64. The number of carbonyl (C=O) groups is 1. The van der Waals surface area contributed by atoms with E-state index in [1.165, 1.54) is 0 Å². The number of para-hydroxylation sites is 1. The number of nitrogens with one attached hydrogen (secondary N) is 1. The summed E-state index contributed by atoms with van der Waals surface area (Å²) in [6.07, 6.45) is 0. The quantitative estimate of drug-likeness (QED) is 0.754. The highest BCUT2D eigenvalue weighted by molar-refractivity contribution is 7.89. The highest BCUT2D eigenvalue weighted by Gasteiger charge is 2.37. The smallest absolute Gasteiger partial charge is 0.323 e. The summed E-state index contributed by atoms with van der Waals surface area (Å²) in [5.74, 6) is -0.942. The molecule has 0 radical (unpaired) electrons. The Labute approximate surface area is 144 Å². The fourth-order valence-electron chi connectivity index (χ4n) is 3.62. The molecule has 3 aromatic rings. The van der Waals surface area contributed by atoms with E-state index in [-0.39, 0.29) is 11.4 Å². The largest absolute Gasteiger partial charge is 0.480 e. The molecule has 6 nitrogen and oxygen atoms in total. The summed E-state index contributed by atoms with van der Waals surface area (Å²) < 4.78 is 29.3. The molecule has 1 unspecified atom stereocenters. The molecule has 2 N–H and O–H groups in total. The maximum Gasteiger partial charge on any atom is 0.323 e. The van der Waals surface area contributed by atoms with Crippen LogP contribution >= 0.6 is 0 Å². The van der Waals surface area contributed by atoms with Crippen LogP contribution < -0.4 is 4.72 Å². The molecule has 0 spiro atoms. The lowest BCUT2D eigenvalue weighted by Crippen LogP contribution is -2.21. The molecular formula is C18H16N2O4S. The first-order valence-corrected chi connectivity index (χ1v) is 9.29. The second kappa shape index (κ2) is 5.44. The van der Waals surface area contributed by atoms with Gasteiger partial charge in [0, 0.05) is 22.2 Å². The lowest BCUT2D eigenvalue weighted by molar-refractivity contribution is -0.137. The summed E-state index contributed by atoms with van der Waals surface area (Å²) in [6, 6.07) is 13.8. The molecule has 128 valence electrons. The van der Waals surface area contributed by atoms with Crippen molar-refractivity contribution in [1.29, 1.82) is 0 Å². The summed E-state index contributed by atoms with van der Waals surface area (Å²) in [6.45, 7) is 1.65. The number of aromatic nitrogens is 1. The fourth-order valence-corrected chi connectivity index (χ4v) is 5.06. The summed E-state index contributed by atoms with van der Waals surface area (Å²) in [7, 11) is -3.58. The van der Waals surface area contributed by atoms with Crippen LogP contribution in [0.25, 0.3) is 10.9 Å². The van der Waals surface area contributed by atoms with E-state index < -0.39 is 22.0 Å². The lowest BCUT2D eigenvalue weighted by Gasteiger charge is -2.12. The van der Waals surface area contributed by atoms with E-state index in [1.807, 2.05) is 31.2 Å². The van der Waals surface area contributed by atoms with E-state index in [0.29, 0.717) is 5.56 Å². The molecule has 2 heterocycles. The number of hydrogen-bond donors (Lipinski definition) is 2. The van der Waals surface area contributed by atoms with Crippen molar-refractivity contribution in [1.82, 2.24) is 9.29 Å². The number of sulfonamides is 1. The SMILES string of the molecule is Cc1c(C2NS(=O)(=O)c3ccccc32)c2ccccc2n1CC(=O)O. The van der Waals surface area contributed by atoms with Crippen LogP contribution in [0.4, 0.5) is 0 Å². The fraction of sp³-hybridized carbons (Fsp3) is 0.167. The van der Waals surface area contributed by atoms with Crippen molar-refractivity contribution in [2.24, 2.45) is 0 Å². The molecule has 1 atom stereocenters. The Morgan fingerprint density at radius 1 is 1.16 bits per heavy atom. The molecule has 0 bridgehead atoms. The van der Waals surface area contributed by atoms with Crippen molar-refractivity contribution < 1.29 is 18.3 Å². The third-order valence-corrected chi connectivity index (χ3v) is 6.15. The van der Waals surface area contributed by atoms with Gasteiger partial charge in [-0.3, -0.25) is 4.79 Å². The summed E-state index contributed by atoms with van der Waals surface area (Å²) in [4.78, 5) is 11.5. The highest BCUT2D eigenvalue weighted by atomic mass is 32.2. The number of nitrogens with zero attached hydrogens (tertiary/aromatic N) is 1. The minimum absolute atomic E-state index is 0.173. The third kappa shape index (κ3) is 2.35. The van der Waals surface area contributed by atoms with Gasteiger partial charge in [0.2, 0.25) is 10.0 Å². The predicted octanol–water partition coefficient (Wildman–Crippen LogP) is 2.42. The van der Waals surface area contributed by atoms with Crippen LogP contribution in [0.5, 0.6) is 0 Å². The zero-order valence-electron chi connectivity index (χ0n) is 13.4. The van der Waals surface area contributed by atoms with Crippen molar-refractivity contribution in [2.45, 2.75) is 24.4 Å². The maximum atomic E-state index is 12.5. The molecule has 0 aliphatic carbocycles. The third-order valence-electron chi connectivity index (χ3n) is 4.65. The molecule has 4 rings (SSSR count). The molecule has 1 aromatic heterocycles. The van der Waals surface area contributed by atoms with Crippen LogP contribution in [0, 0.1) is 6.92 Å². The minimum Gasteiger partial charge on any atom is -0.480 e. The van der Waals surface area contributed by atoms with Gasteiger partial charge in [-0.15, -0.1) is 0 Å². The zero-order valence-corrected chi connectivity index (χ0v) is 14.2. The second-order valence-corrected chi connectivity index (χ2v) is 7.77. The highest BCUT2D eigenvalue weighted by Crippen LogP contribution is 2.40. The molecule has 1 aliphatic rings. The van der Waals surface area contributed by atoms with E-state index in [2.05, 4.69) is 4.72 Å². The minimum atomic E-state index is -3.58. The van der Waals surface area contributed by atoms with Gasteiger partial charge in [-0.05, 0) is 24.6 Å². The standard InChI is InChI=1S/C18H16N2O4S/c1-11-17(12-6-2-4-8-14(12)20(11)10-16(21)22)18-13-7-3-5-9-15(13)25(23,24)19-18/h2-9,18-19H,10H2,1H3,(H,21,22). The summed E-state index contributed by atoms with van der Waals surface area (Å²) >= 11 is 0. The van der Waals surface area contributed by atoms with Crippen LogP contribution in [0.1, 0.15) is 22.9 Å². The van der Waals surface area contributed by atoms with E-state index in [9.17, 15) is 18.3 Å². The van der Waals surface area contributed by atoms with Crippen molar-refractivity contribution in [3.05, 3.63) is 65.4 Å². The first kappa shape index (κ1) is 15.9. The van der Waals surface area contributed by atoms with E-state index in [4.69, 9.17) is 0 Å². The number of fused-ring (bicyclic) bond motifs is 2. The van der Waals surface area contributed by atoms with E-state index in [0.717, 1.165) is 22.2 Å². The van der Waals surface area contributed by atoms with Gasteiger partial charge >= 0.3 is 5.97 Å². The van der Waals surface area contributed by atoms with Gasteiger partial charge in [-0.25, -0.2) is 8.42 Å². The molecule has 0 saturated heterocycles. The van der Waals surface area contributed by atoms with Gasteiger partial charge in [0.1, 0.15) is 6.54 Å². The topological polar surface area (TPSA) is 88.4 Å². The van der Waals surface area contributed by atoms with Crippen molar-refractivity contribution in [2.75, 3.05) is 0 Å². The van der Waals surface area contributed by atoms with Crippen molar-refractivity contribution in [3.8, 4) is 0 Å². The van der Waals surface area contributed by atoms with Gasteiger partial charge in [0.15, 0.2) is 0 Å². The summed E-state index contributed by atoms with van der Waals surface area (Å²) in [5, 5.41) is 10.1. The Morgan fingerprint density at radius 3 is 2.60 bits per heavy atom. The molecule has 0 fully saturated rings. The number of rotatable bonds is 3. The Bertz CT molecular complexity index is 1120. The zero-order chi connectivity index (χ0) is 17.8. The number of carboxylic acids is 1. The normalized spacial score (nSPS) is 18.4. The van der Waals surface area contributed by atoms with Crippen LogP contribution in [0.15, 0.2) is 53.4 Å². The van der Waals surface area contributed by atoms with E-state index in [1.54, 1.807) is 28.8 Å². The number of hydrogen-bond acceptors (Lipinski definition) is 3. The monoisotopic (exact) mass is 356 g/mol. The molecule has 7 heteroatoms. The van der Waals surface area contributed by atoms with Crippen LogP contribution in [0.3, 0.4) is 0 Å². The van der Waals surface area contributed by atoms with Crippen LogP contribution in [-0.4, -0.2) is 24.1 Å². The van der Waals surface area contributed by atoms with Gasteiger partial charge in [-0.2, -0.15) is 4.72 Å². The average molecular weight is 356 g/mol. The van der Waals surface area contributed by atoms with Gasteiger partial charge in [-0.1, -0.05) is 36.4 Å². The maximum absolute atomic E-state index is 12.5. The molecule has 0 saturated carbocycles. The van der Waals surface area contributed by atoms with Gasteiger partial charge in [0.25, 0.3) is 0 Å². The van der Waals surface area contributed by atoms with Gasteiger partial charge in [0.05, 0.1) is 10.9 Å². The van der Waals surface area contributed by atoms with E-state index >= 15 is 0 Å². The molecule has 0 amide bonds. The molecule has 1 aliphatic heterocycles. The van der Waals surface area contributed by atoms with Crippen LogP contribution in [-0.2, 0) is 21.4 Å². The average Bonchev–Trinajstić information content (AvgIpc) is 3.00. The Kier molecular flexibility index (Phi) is 3.45. The number of carboxylic acid groups (broad SMARTS) is 1. The predicted molar refractivity (Wildman–Crippen MR) is 92.9 cm³/mol. The second-order valence-electron chi connectivity index (χ2n) is 6.09. The molecule has 25 heavy (non-hydrogen) atoms. The first-order chi connectivity index (χ1) is 11.9. The first-order valence-electron chi connectivity index (χ1n) is 7.81. The summed E-state index contributed by atoms with van der Waals surface area (Å²) in [5.41, 5.74) is 3.00. The number of benzene rings is 2. The number of aliphatic carboxylic acids is 1. The Balaban J connectivity index is 2.00. The molecular weight excluding hydrogens is 340 g/mol. The lowest BCUT2D eigenvalue weighted by atomic mass is 9.97. The van der Waals surface area contributed by atoms with Gasteiger partial charge < -0.3 is 9.67 Å².